The van der Waals surface area contributed by atoms with Crippen LogP contribution in [-0.2, 0) is 6.54 Å². The number of rotatable bonds is 6. The maximum Gasteiger partial charge on any atom is 0.0712 e. The maximum atomic E-state index is 10.2. The van der Waals surface area contributed by atoms with Gasteiger partial charge in [0.25, 0.3) is 0 Å². The van der Waals surface area contributed by atoms with Crippen molar-refractivity contribution in [3.63, 3.8) is 0 Å². The average molecular weight is 319 g/mol. The minimum absolute atomic E-state index is 0.0804. The number of hydrogen-bond donors (Lipinski definition) is 2. The lowest BCUT2D eigenvalue weighted by atomic mass is 9.89. The Morgan fingerprint density at radius 3 is 2.39 bits per heavy atom. The predicted molar refractivity (Wildman–Crippen MR) is 97.9 cm³/mol. The lowest BCUT2D eigenvalue weighted by Gasteiger charge is -2.36. The van der Waals surface area contributed by atoms with E-state index in [-0.39, 0.29) is 11.5 Å². The molecule has 2 rings (SSSR count). The summed E-state index contributed by atoms with van der Waals surface area (Å²) in [6.07, 6.45) is -0.331. The summed E-state index contributed by atoms with van der Waals surface area (Å²) in [7, 11) is 0. The molecular weight excluding hydrogens is 286 g/mol. The van der Waals surface area contributed by atoms with Crippen LogP contribution in [0, 0.1) is 5.41 Å². The Bertz CT molecular complexity index is 476. The molecule has 23 heavy (non-hydrogen) atoms. The molecule has 0 amide bonds. The molecule has 0 saturated carbocycles. The van der Waals surface area contributed by atoms with Crippen LogP contribution in [-0.4, -0.2) is 55.4 Å². The standard InChI is InChI=1S/C19H33N3O/c1-5-21-10-12-22(13-11-21)17-9-7-6-8-16(17)14-20-15-18(23)19(2,3)4/h6-9,18,20,23H,5,10-15H2,1-4H3. The minimum Gasteiger partial charge on any atom is -0.391 e. The van der Waals surface area contributed by atoms with Crippen molar-refractivity contribution in [2.24, 2.45) is 5.41 Å². The molecule has 1 aromatic carbocycles. The zero-order valence-corrected chi connectivity index (χ0v) is 15.2. The highest BCUT2D eigenvalue weighted by molar-refractivity contribution is 5.54. The van der Waals surface area contributed by atoms with Crippen LogP contribution in [0.15, 0.2) is 24.3 Å². The molecule has 0 aliphatic carbocycles. The summed E-state index contributed by atoms with van der Waals surface area (Å²) in [5.74, 6) is 0. The van der Waals surface area contributed by atoms with Crippen LogP contribution >= 0.6 is 0 Å². The van der Waals surface area contributed by atoms with Crippen molar-refractivity contribution in [3.8, 4) is 0 Å². The van der Waals surface area contributed by atoms with Crippen molar-refractivity contribution in [3.05, 3.63) is 29.8 Å². The number of anilines is 1. The van der Waals surface area contributed by atoms with E-state index in [1.54, 1.807) is 0 Å². The van der Waals surface area contributed by atoms with Gasteiger partial charge in [-0.3, -0.25) is 0 Å². The molecule has 1 atom stereocenters. The lowest BCUT2D eigenvalue weighted by Crippen LogP contribution is -2.46. The molecular formula is C19H33N3O. The Labute approximate surface area is 141 Å². The lowest BCUT2D eigenvalue weighted by molar-refractivity contribution is 0.0628. The topological polar surface area (TPSA) is 38.7 Å². The van der Waals surface area contributed by atoms with E-state index in [0.717, 1.165) is 39.3 Å². The number of piperazine rings is 1. The monoisotopic (exact) mass is 319 g/mol. The van der Waals surface area contributed by atoms with Crippen LogP contribution in [0.5, 0.6) is 0 Å². The van der Waals surface area contributed by atoms with Crippen LogP contribution < -0.4 is 10.2 Å². The van der Waals surface area contributed by atoms with Gasteiger partial charge in [0.2, 0.25) is 0 Å². The minimum atomic E-state index is -0.331. The number of nitrogens with zero attached hydrogens (tertiary/aromatic N) is 2. The fourth-order valence-corrected chi connectivity index (χ4v) is 2.92. The van der Waals surface area contributed by atoms with Gasteiger partial charge in [0, 0.05) is 45.0 Å². The fourth-order valence-electron chi connectivity index (χ4n) is 2.92. The van der Waals surface area contributed by atoms with Gasteiger partial charge in [0.15, 0.2) is 0 Å². The summed E-state index contributed by atoms with van der Waals surface area (Å²) in [6.45, 7) is 15.5. The third-order valence-corrected chi connectivity index (χ3v) is 4.80. The summed E-state index contributed by atoms with van der Waals surface area (Å²) < 4.78 is 0. The first-order valence-corrected chi connectivity index (χ1v) is 8.85. The van der Waals surface area contributed by atoms with E-state index < -0.39 is 0 Å². The highest BCUT2D eigenvalue weighted by Gasteiger charge is 2.22. The molecule has 1 aromatic rings. The largest absolute Gasteiger partial charge is 0.391 e. The number of aliphatic hydroxyl groups excluding tert-OH is 1. The van der Waals surface area contributed by atoms with Gasteiger partial charge in [-0.1, -0.05) is 45.9 Å². The van der Waals surface area contributed by atoms with Gasteiger partial charge in [0.1, 0.15) is 0 Å². The molecule has 1 aliphatic rings. The Balaban J connectivity index is 1.93. The summed E-state index contributed by atoms with van der Waals surface area (Å²) in [5, 5.41) is 13.6. The molecule has 1 unspecified atom stereocenters. The summed E-state index contributed by atoms with van der Waals surface area (Å²) in [5.41, 5.74) is 2.57. The number of likely N-dealkylation sites (N-methyl/N-ethyl adjacent to an activating group) is 1. The Morgan fingerprint density at radius 1 is 1.13 bits per heavy atom. The second-order valence-corrected chi connectivity index (χ2v) is 7.56. The van der Waals surface area contributed by atoms with Gasteiger partial charge >= 0.3 is 0 Å². The zero-order chi connectivity index (χ0) is 16.9. The van der Waals surface area contributed by atoms with Crippen LogP contribution in [0.25, 0.3) is 0 Å². The Hall–Kier alpha value is -1.10. The fraction of sp³-hybridized carbons (Fsp3) is 0.684. The van der Waals surface area contributed by atoms with Crippen molar-refractivity contribution in [2.75, 3.05) is 44.2 Å². The number of benzene rings is 1. The highest BCUT2D eigenvalue weighted by Crippen LogP contribution is 2.22. The maximum absolute atomic E-state index is 10.2. The Kier molecular flexibility index (Phi) is 6.45. The van der Waals surface area contributed by atoms with Gasteiger partial charge < -0.3 is 20.2 Å². The SMILES string of the molecule is CCN1CCN(c2ccccc2CNCC(O)C(C)(C)C)CC1. The zero-order valence-electron chi connectivity index (χ0n) is 15.2. The number of nitrogens with one attached hydrogen (secondary N) is 1. The molecule has 1 heterocycles. The third-order valence-electron chi connectivity index (χ3n) is 4.80. The van der Waals surface area contributed by atoms with Crippen molar-refractivity contribution in [1.29, 1.82) is 0 Å². The first-order chi connectivity index (χ1) is 10.9. The van der Waals surface area contributed by atoms with Gasteiger partial charge in [-0.2, -0.15) is 0 Å². The summed E-state index contributed by atoms with van der Waals surface area (Å²) in [4.78, 5) is 4.99. The van der Waals surface area contributed by atoms with Crippen LogP contribution in [0.4, 0.5) is 5.69 Å². The van der Waals surface area contributed by atoms with Gasteiger partial charge in [-0.25, -0.2) is 0 Å². The first kappa shape index (κ1) is 18.2. The van der Waals surface area contributed by atoms with E-state index >= 15 is 0 Å². The number of hydrogen-bond acceptors (Lipinski definition) is 4. The van der Waals surface area contributed by atoms with Crippen LogP contribution in [0.1, 0.15) is 33.3 Å². The van der Waals surface area contributed by atoms with Gasteiger partial charge in [0.05, 0.1) is 6.10 Å². The van der Waals surface area contributed by atoms with Crippen molar-refractivity contribution in [2.45, 2.75) is 40.3 Å². The quantitative estimate of drug-likeness (QED) is 0.844. The van der Waals surface area contributed by atoms with Crippen molar-refractivity contribution in [1.82, 2.24) is 10.2 Å². The highest BCUT2D eigenvalue weighted by atomic mass is 16.3. The first-order valence-electron chi connectivity index (χ1n) is 8.85. The van der Waals surface area contributed by atoms with E-state index in [4.69, 9.17) is 0 Å². The number of para-hydroxylation sites is 1. The molecule has 0 spiro atoms. The van der Waals surface area contributed by atoms with Crippen molar-refractivity contribution < 1.29 is 5.11 Å². The molecule has 0 bridgehead atoms. The second-order valence-electron chi connectivity index (χ2n) is 7.56. The van der Waals surface area contributed by atoms with E-state index in [9.17, 15) is 5.11 Å². The van der Waals surface area contributed by atoms with E-state index in [0.29, 0.717) is 6.54 Å². The summed E-state index contributed by atoms with van der Waals surface area (Å²) in [6, 6.07) is 8.63. The predicted octanol–water partition coefficient (Wildman–Crippen LogP) is 2.33. The molecule has 1 saturated heterocycles. The smallest absolute Gasteiger partial charge is 0.0712 e. The molecule has 1 aliphatic heterocycles. The van der Waals surface area contributed by atoms with Crippen LogP contribution in [0.2, 0.25) is 0 Å². The summed E-state index contributed by atoms with van der Waals surface area (Å²) >= 11 is 0. The van der Waals surface area contributed by atoms with Gasteiger partial charge in [-0.05, 0) is 23.6 Å². The average Bonchev–Trinajstić information content (AvgIpc) is 2.54. The van der Waals surface area contributed by atoms with Gasteiger partial charge in [-0.15, -0.1) is 0 Å². The van der Waals surface area contributed by atoms with Crippen LogP contribution in [0.3, 0.4) is 0 Å². The number of aliphatic hydroxyl groups is 1. The van der Waals surface area contributed by atoms with E-state index in [1.165, 1.54) is 11.3 Å². The third kappa shape index (κ3) is 5.20. The van der Waals surface area contributed by atoms with E-state index in [2.05, 4.69) is 67.1 Å². The molecule has 0 radical (unpaired) electrons. The van der Waals surface area contributed by atoms with Crippen molar-refractivity contribution >= 4 is 5.69 Å². The second kappa shape index (κ2) is 8.13. The molecule has 4 heteroatoms. The molecule has 2 N–H and O–H groups in total. The molecule has 130 valence electrons. The molecule has 4 nitrogen and oxygen atoms in total. The Morgan fingerprint density at radius 2 is 1.78 bits per heavy atom. The molecule has 0 aromatic heterocycles. The normalized spacial score (nSPS) is 18.2. The van der Waals surface area contributed by atoms with E-state index in [1.807, 2.05) is 0 Å². The molecule has 1 fully saturated rings.